The molecule has 17 heavy (non-hydrogen) atoms. The third-order valence-corrected chi connectivity index (χ3v) is 4.71. The standard InChI is InChI=1S/C12H20N2O2S/c1-10-5-6-11(2)12(9-10)17(15,16)14(3)8-4-7-13/h5-6,9H,4,7-8,13H2,1-3H3. The van der Waals surface area contributed by atoms with Gasteiger partial charge in [0.1, 0.15) is 0 Å². The first-order valence-corrected chi connectivity index (χ1v) is 7.07. The van der Waals surface area contributed by atoms with Crippen molar-refractivity contribution in [2.75, 3.05) is 20.1 Å². The molecule has 0 radical (unpaired) electrons. The van der Waals surface area contributed by atoms with Gasteiger partial charge in [0.25, 0.3) is 0 Å². The molecule has 0 saturated carbocycles. The Morgan fingerprint density at radius 1 is 1.29 bits per heavy atom. The van der Waals surface area contributed by atoms with E-state index in [1.54, 1.807) is 13.1 Å². The molecule has 0 atom stereocenters. The van der Waals surface area contributed by atoms with Crippen molar-refractivity contribution < 1.29 is 8.42 Å². The van der Waals surface area contributed by atoms with Crippen molar-refractivity contribution in [3.05, 3.63) is 29.3 Å². The van der Waals surface area contributed by atoms with Gasteiger partial charge in [-0.1, -0.05) is 12.1 Å². The van der Waals surface area contributed by atoms with Gasteiger partial charge in [-0.2, -0.15) is 0 Å². The zero-order valence-electron chi connectivity index (χ0n) is 10.6. The predicted molar refractivity (Wildman–Crippen MR) is 69.4 cm³/mol. The monoisotopic (exact) mass is 256 g/mol. The first-order chi connectivity index (χ1) is 7.89. The molecule has 0 saturated heterocycles. The van der Waals surface area contributed by atoms with Gasteiger partial charge < -0.3 is 5.73 Å². The molecule has 0 aliphatic rings. The molecule has 2 N–H and O–H groups in total. The van der Waals surface area contributed by atoms with Crippen molar-refractivity contribution in [3.8, 4) is 0 Å². The molecule has 96 valence electrons. The Kier molecular flexibility index (Phi) is 4.68. The number of sulfonamides is 1. The van der Waals surface area contributed by atoms with Crippen molar-refractivity contribution in [3.63, 3.8) is 0 Å². The van der Waals surface area contributed by atoms with Crippen molar-refractivity contribution in [1.29, 1.82) is 0 Å². The predicted octanol–water partition coefficient (Wildman–Crippen LogP) is 1.27. The quantitative estimate of drug-likeness (QED) is 0.863. The van der Waals surface area contributed by atoms with Crippen LogP contribution in [0.2, 0.25) is 0 Å². The summed E-state index contributed by atoms with van der Waals surface area (Å²) in [5.74, 6) is 0. The summed E-state index contributed by atoms with van der Waals surface area (Å²) < 4.78 is 26.0. The van der Waals surface area contributed by atoms with Gasteiger partial charge in [-0.3, -0.25) is 0 Å². The van der Waals surface area contributed by atoms with Crippen LogP contribution in [-0.4, -0.2) is 32.9 Å². The minimum atomic E-state index is -3.39. The maximum atomic E-state index is 12.3. The van der Waals surface area contributed by atoms with Gasteiger partial charge in [0.15, 0.2) is 0 Å². The highest BCUT2D eigenvalue weighted by Gasteiger charge is 2.22. The summed E-state index contributed by atoms with van der Waals surface area (Å²) in [5.41, 5.74) is 7.11. The highest BCUT2D eigenvalue weighted by atomic mass is 32.2. The highest BCUT2D eigenvalue weighted by molar-refractivity contribution is 7.89. The summed E-state index contributed by atoms with van der Waals surface area (Å²) >= 11 is 0. The van der Waals surface area contributed by atoms with Crippen LogP contribution in [-0.2, 0) is 10.0 Å². The Morgan fingerprint density at radius 2 is 1.94 bits per heavy atom. The van der Waals surface area contributed by atoms with E-state index in [4.69, 9.17) is 5.73 Å². The van der Waals surface area contributed by atoms with E-state index < -0.39 is 10.0 Å². The smallest absolute Gasteiger partial charge is 0.243 e. The van der Waals surface area contributed by atoms with Crippen LogP contribution in [0.5, 0.6) is 0 Å². The molecule has 1 aromatic carbocycles. The minimum Gasteiger partial charge on any atom is -0.330 e. The largest absolute Gasteiger partial charge is 0.330 e. The van der Waals surface area contributed by atoms with Crippen molar-refractivity contribution >= 4 is 10.0 Å². The van der Waals surface area contributed by atoms with Crippen LogP contribution in [0.4, 0.5) is 0 Å². The highest BCUT2D eigenvalue weighted by Crippen LogP contribution is 2.20. The average molecular weight is 256 g/mol. The van der Waals surface area contributed by atoms with Crippen LogP contribution in [0.25, 0.3) is 0 Å². The number of nitrogens with two attached hydrogens (primary N) is 1. The lowest BCUT2D eigenvalue weighted by Crippen LogP contribution is -2.29. The minimum absolute atomic E-state index is 0.386. The maximum absolute atomic E-state index is 12.3. The number of benzene rings is 1. The van der Waals surface area contributed by atoms with E-state index >= 15 is 0 Å². The van der Waals surface area contributed by atoms with E-state index in [-0.39, 0.29) is 0 Å². The molecule has 0 aliphatic carbocycles. The lowest BCUT2D eigenvalue weighted by atomic mass is 10.2. The molecule has 0 aliphatic heterocycles. The fourth-order valence-corrected chi connectivity index (χ4v) is 3.10. The number of hydrogen-bond acceptors (Lipinski definition) is 3. The second-order valence-corrected chi connectivity index (χ2v) is 6.25. The van der Waals surface area contributed by atoms with E-state index in [1.807, 2.05) is 26.0 Å². The van der Waals surface area contributed by atoms with Crippen molar-refractivity contribution in [1.82, 2.24) is 4.31 Å². The molecule has 0 bridgehead atoms. The Labute approximate surface area is 103 Å². The summed E-state index contributed by atoms with van der Waals surface area (Å²) in [6.45, 7) is 4.64. The number of nitrogens with zero attached hydrogens (tertiary/aromatic N) is 1. The maximum Gasteiger partial charge on any atom is 0.243 e. The Morgan fingerprint density at radius 3 is 2.53 bits per heavy atom. The van der Waals surface area contributed by atoms with Gasteiger partial charge in [0.05, 0.1) is 4.90 Å². The van der Waals surface area contributed by atoms with Crippen LogP contribution in [0.15, 0.2) is 23.1 Å². The first kappa shape index (κ1) is 14.2. The van der Waals surface area contributed by atoms with E-state index in [0.717, 1.165) is 11.1 Å². The molecule has 1 rings (SSSR count). The normalized spacial score (nSPS) is 12.1. The van der Waals surface area contributed by atoms with Gasteiger partial charge >= 0.3 is 0 Å². The Hall–Kier alpha value is -0.910. The van der Waals surface area contributed by atoms with Crippen molar-refractivity contribution in [2.24, 2.45) is 5.73 Å². The van der Waals surface area contributed by atoms with Crippen LogP contribution < -0.4 is 5.73 Å². The molecule has 4 nitrogen and oxygen atoms in total. The van der Waals surface area contributed by atoms with Gasteiger partial charge in [0.2, 0.25) is 10.0 Å². The topological polar surface area (TPSA) is 63.4 Å². The van der Waals surface area contributed by atoms with Crippen LogP contribution in [0, 0.1) is 13.8 Å². The average Bonchev–Trinajstić information content (AvgIpc) is 2.28. The Bertz CT molecular complexity index is 483. The van der Waals surface area contributed by atoms with Crippen LogP contribution >= 0.6 is 0 Å². The van der Waals surface area contributed by atoms with E-state index in [1.165, 1.54) is 4.31 Å². The van der Waals surface area contributed by atoms with Gasteiger partial charge in [-0.25, -0.2) is 12.7 Å². The third-order valence-electron chi connectivity index (χ3n) is 2.71. The number of rotatable bonds is 5. The molecular formula is C12H20N2O2S. The zero-order valence-corrected chi connectivity index (χ0v) is 11.4. The van der Waals surface area contributed by atoms with Crippen molar-refractivity contribution in [2.45, 2.75) is 25.2 Å². The first-order valence-electron chi connectivity index (χ1n) is 5.63. The summed E-state index contributed by atoms with van der Waals surface area (Å²) in [5, 5.41) is 0. The molecule has 0 spiro atoms. The summed E-state index contributed by atoms with van der Waals surface area (Å²) in [7, 11) is -1.80. The molecule has 0 heterocycles. The molecule has 0 aromatic heterocycles. The zero-order chi connectivity index (χ0) is 13.1. The van der Waals surface area contributed by atoms with Gasteiger partial charge in [0, 0.05) is 13.6 Å². The lowest BCUT2D eigenvalue weighted by molar-refractivity contribution is 0.463. The molecule has 5 heteroatoms. The lowest BCUT2D eigenvalue weighted by Gasteiger charge is -2.18. The number of hydrogen-bond donors (Lipinski definition) is 1. The summed E-state index contributed by atoms with van der Waals surface area (Å²) in [4.78, 5) is 0.386. The Balaban J connectivity index is 3.08. The molecule has 0 amide bonds. The van der Waals surface area contributed by atoms with Gasteiger partial charge in [-0.05, 0) is 44.0 Å². The fourth-order valence-electron chi connectivity index (χ4n) is 1.59. The van der Waals surface area contributed by atoms with E-state index in [0.29, 0.717) is 24.4 Å². The molecule has 0 unspecified atom stereocenters. The molecular weight excluding hydrogens is 236 g/mol. The SMILES string of the molecule is Cc1ccc(C)c(S(=O)(=O)N(C)CCCN)c1. The van der Waals surface area contributed by atoms with Gasteiger partial charge in [-0.15, -0.1) is 0 Å². The summed E-state index contributed by atoms with van der Waals surface area (Å²) in [6.07, 6.45) is 0.667. The van der Waals surface area contributed by atoms with Crippen LogP contribution in [0.3, 0.4) is 0 Å². The fraction of sp³-hybridized carbons (Fsp3) is 0.500. The number of aryl methyl sites for hydroxylation is 2. The molecule has 0 fully saturated rings. The third kappa shape index (κ3) is 3.28. The summed E-state index contributed by atoms with van der Waals surface area (Å²) in [6, 6.07) is 5.46. The molecule has 1 aromatic rings. The second-order valence-electron chi connectivity index (χ2n) is 4.24. The van der Waals surface area contributed by atoms with E-state index in [9.17, 15) is 8.42 Å². The van der Waals surface area contributed by atoms with Crippen LogP contribution in [0.1, 0.15) is 17.5 Å². The second kappa shape index (κ2) is 5.62. The van der Waals surface area contributed by atoms with E-state index in [2.05, 4.69) is 0 Å².